The molecule has 1 aliphatic heterocycles. The minimum absolute atomic E-state index is 0.0750. The number of carbonyl (C=O) groups excluding carboxylic acids is 2. The summed E-state index contributed by atoms with van der Waals surface area (Å²) in [4.78, 5) is 40.1. The highest BCUT2D eigenvalue weighted by Gasteiger charge is 2.28. The molecule has 0 radical (unpaired) electrons. The van der Waals surface area contributed by atoms with Crippen molar-refractivity contribution in [1.82, 2.24) is 10.3 Å². The molecule has 5 aromatic rings. The number of aromatic nitrogens is 1. The number of benzene rings is 4. The molecule has 0 bridgehead atoms. The van der Waals surface area contributed by atoms with Crippen LogP contribution in [0.25, 0.3) is 22.0 Å². The zero-order valence-electron chi connectivity index (χ0n) is 30.5. The number of pyridine rings is 1. The van der Waals surface area contributed by atoms with Crippen LogP contribution in [0.3, 0.4) is 0 Å². The number of hydrogen-bond donors (Lipinski definition) is 6. The monoisotopic (exact) mass is 736 g/mol. The zero-order valence-corrected chi connectivity index (χ0v) is 30.5. The van der Waals surface area contributed by atoms with Gasteiger partial charge < -0.3 is 35.1 Å². The largest absolute Gasteiger partial charge is 0.506 e. The number of aromatic amines is 1. The average molecular weight is 737 g/mol. The Hall–Kier alpha value is -5.56. The van der Waals surface area contributed by atoms with Gasteiger partial charge in [0.25, 0.3) is 0 Å². The van der Waals surface area contributed by atoms with E-state index in [9.17, 15) is 24.6 Å². The van der Waals surface area contributed by atoms with Crippen LogP contribution in [0, 0.1) is 5.82 Å². The molecule has 2 heterocycles. The summed E-state index contributed by atoms with van der Waals surface area (Å²) >= 11 is 0. The van der Waals surface area contributed by atoms with Gasteiger partial charge in [0.1, 0.15) is 17.7 Å². The highest BCUT2D eigenvalue weighted by atomic mass is 19.1. The Balaban J connectivity index is 0.996. The second-order valence-electron chi connectivity index (χ2n) is 14.5. The lowest BCUT2D eigenvalue weighted by atomic mass is 9.99. The summed E-state index contributed by atoms with van der Waals surface area (Å²) in [5.41, 5.74) is 4.50. The average Bonchev–Trinajstić information content (AvgIpc) is 3.14. The molecule has 1 atom stereocenters. The van der Waals surface area contributed by atoms with E-state index in [4.69, 9.17) is 4.74 Å². The van der Waals surface area contributed by atoms with Gasteiger partial charge in [0.05, 0.1) is 50.2 Å². The SMILES string of the molecule is C[N+]1(C)CCC(OC(=O)Nc2cc(CCCC(=O)Nc3ccc(CNC[C@H](O)c4ccc(O)c5[nH]c(=O)ccc45)cc3F)ccc2-c2ccccc2)CC1. The standard InChI is InChI=1S/C42H46FN5O6/c1-48(2)21-19-30(20-22-48)54-42(53)46-36-24-27(11-13-31(36)29-8-4-3-5-9-29)7-6-10-39(51)45-35-16-12-28(23-34(35)43)25-44-26-38(50)32-14-17-37(49)41-33(32)15-18-40(52)47-41/h3-5,8-9,11-18,23-24,30,38,44,50H,6-7,10,19-22,25-26H2,1-2H3,(H3-,45,46,47,49,51,52,53)/p+1/t38-/m0/s1. The molecule has 11 nitrogen and oxygen atoms in total. The third-order valence-corrected chi connectivity index (χ3v) is 9.90. The maximum Gasteiger partial charge on any atom is 0.411 e. The highest BCUT2D eigenvalue weighted by molar-refractivity contribution is 5.92. The molecule has 282 valence electrons. The van der Waals surface area contributed by atoms with Crippen LogP contribution in [-0.2, 0) is 22.5 Å². The van der Waals surface area contributed by atoms with Crippen molar-refractivity contribution in [2.75, 3.05) is 44.4 Å². The predicted molar refractivity (Wildman–Crippen MR) is 208 cm³/mol. The maximum atomic E-state index is 15.0. The Labute approximate surface area is 313 Å². The van der Waals surface area contributed by atoms with Crippen molar-refractivity contribution in [2.24, 2.45) is 0 Å². The molecular weight excluding hydrogens is 689 g/mol. The Bertz CT molecular complexity index is 2160. The van der Waals surface area contributed by atoms with Gasteiger partial charge in [-0.2, -0.15) is 0 Å². The minimum atomic E-state index is -0.956. The lowest BCUT2D eigenvalue weighted by Gasteiger charge is -2.36. The number of nitrogens with one attached hydrogen (secondary N) is 4. The Morgan fingerprint density at radius 1 is 0.926 bits per heavy atom. The first-order chi connectivity index (χ1) is 25.9. The zero-order chi connectivity index (χ0) is 38.2. The number of hydrogen-bond acceptors (Lipinski definition) is 7. The number of likely N-dealkylation sites (tertiary alicyclic amines) is 1. The molecule has 12 heteroatoms. The first-order valence-corrected chi connectivity index (χ1v) is 18.2. The van der Waals surface area contributed by atoms with Crippen molar-refractivity contribution in [3.8, 4) is 16.9 Å². The second kappa shape index (κ2) is 17.1. The molecule has 2 amide bonds. The lowest BCUT2D eigenvalue weighted by molar-refractivity contribution is -0.896. The molecule has 1 fully saturated rings. The summed E-state index contributed by atoms with van der Waals surface area (Å²) in [7, 11) is 4.36. The van der Waals surface area contributed by atoms with Gasteiger partial charge >= 0.3 is 6.09 Å². The Morgan fingerprint density at radius 3 is 2.44 bits per heavy atom. The molecule has 0 spiro atoms. The number of H-pyrrole nitrogens is 1. The fourth-order valence-electron chi connectivity index (χ4n) is 6.82. The van der Waals surface area contributed by atoms with Gasteiger partial charge in [-0.25, -0.2) is 9.18 Å². The molecule has 1 aromatic heterocycles. The van der Waals surface area contributed by atoms with Gasteiger partial charge in [0.2, 0.25) is 11.5 Å². The molecule has 1 aliphatic rings. The predicted octanol–water partition coefficient (Wildman–Crippen LogP) is 6.61. The quantitative estimate of drug-likeness (QED) is 0.0745. The molecule has 0 unspecified atom stereocenters. The van der Waals surface area contributed by atoms with Crippen LogP contribution in [0.5, 0.6) is 5.75 Å². The normalized spacial score (nSPS) is 14.7. The van der Waals surface area contributed by atoms with Crippen LogP contribution < -0.4 is 21.5 Å². The minimum Gasteiger partial charge on any atom is -0.506 e. The molecule has 1 saturated heterocycles. The molecule has 0 aliphatic carbocycles. The number of quaternary nitrogens is 1. The number of aliphatic hydroxyl groups excluding tert-OH is 1. The third kappa shape index (κ3) is 9.90. The van der Waals surface area contributed by atoms with Crippen molar-refractivity contribution in [2.45, 2.75) is 50.9 Å². The number of aliphatic hydroxyl groups is 1. The van der Waals surface area contributed by atoms with Crippen LogP contribution in [0.15, 0.2) is 95.8 Å². The fraction of sp³-hybridized carbons (Fsp3) is 0.310. The summed E-state index contributed by atoms with van der Waals surface area (Å²) in [5.74, 6) is -0.988. The van der Waals surface area contributed by atoms with Crippen molar-refractivity contribution in [1.29, 1.82) is 0 Å². The summed E-state index contributed by atoms with van der Waals surface area (Å²) in [5, 5.41) is 30.1. The van der Waals surface area contributed by atoms with Crippen LogP contribution in [0.2, 0.25) is 0 Å². The highest BCUT2D eigenvalue weighted by Crippen LogP contribution is 2.31. The molecule has 0 saturated carbocycles. The maximum absolute atomic E-state index is 15.0. The lowest BCUT2D eigenvalue weighted by Crippen LogP contribution is -2.48. The van der Waals surface area contributed by atoms with Gasteiger partial charge in [0.15, 0.2) is 0 Å². The van der Waals surface area contributed by atoms with Crippen LogP contribution in [0.1, 0.15) is 48.5 Å². The first-order valence-electron chi connectivity index (χ1n) is 18.2. The summed E-state index contributed by atoms with van der Waals surface area (Å²) in [6.45, 7) is 2.29. The van der Waals surface area contributed by atoms with Crippen molar-refractivity contribution < 1.29 is 33.4 Å². The third-order valence-electron chi connectivity index (χ3n) is 9.90. The van der Waals surface area contributed by atoms with E-state index in [1.54, 1.807) is 18.2 Å². The number of ether oxygens (including phenoxy) is 1. The van der Waals surface area contributed by atoms with E-state index in [1.807, 2.05) is 48.5 Å². The van der Waals surface area contributed by atoms with Crippen molar-refractivity contribution in [3.05, 3.63) is 124 Å². The van der Waals surface area contributed by atoms with Gasteiger partial charge in [-0.1, -0.05) is 54.6 Å². The van der Waals surface area contributed by atoms with Crippen LogP contribution in [0.4, 0.5) is 20.6 Å². The number of anilines is 2. The number of aromatic hydroxyl groups is 1. The number of piperidine rings is 1. The van der Waals surface area contributed by atoms with E-state index in [-0.39, 0.29) is 54.0 Å². The van der Waals surface area contributed by atoms with Crippen molar-refractivity contribution >= 4 is 34.3 Å². The van der Waals surface area contributed by atoms with E-state index in [1.165, 1.54) is 24.3 Å². The molecule has 4 aromatic carbocycles. The number of fused-ring (bicyclic) bond motifs is 1. The number of amides is 2. The molecular formula is C42H47FN5O6+. The number of halogens is 1. The van der Waals surface area contributed by atoms with E-state index in [0.29, 0.717) is 35.0 Å². The smallest absolute Gasteiger partial charge is 0.411 e. The number of carbonyl (C=O) groups is 2. The first kappa shape index (κ1) is 38.2. The van der Waals surface area contributed by atoms with Gasteiger partial charge in [-0.3, -0.25) is 14.9 Å². The number of rotatable bonds is 13. The van der Waals surface area contributed by atoms with Gasteiger partial charge in [0, 0.05) is 49.4 Å². The summed E-state index contributed by atoms with van der Waals surface area (Å²) in [6, 6.07) is 26.1. The second-order valence-corrected chi connectivity index (χ2v) is 14.5. The number of aryl methyl sites for hydroxylation is 1. The number of phenols is 1. The number of phenolic OH excluding ortho intramolecular Hbond substituents is 1. The van der Waals surface area contributed by atoms with E-state index >= 15 is 4.39 Å². The van der Waals surface area contributed by atoms with E-state index in [2.05, 4.69) is 35.0 Å². The van der Waals surface area contributed by atoms with E-state index in [0.717, 1.165) is 47.1 Å². The fourth-order valence-corrected chi connectivity index (χ4v) is 6.82. The number of nitrogens with zero attached hydrogens (tertiary/aromatic N) is 1. The van der Waals surface area contributed by atoms with E-state index < -0.39 is 18.0 Å². The van der Waals surface area contributed by atoms with Gasteiger partial charge in [-0.15, -0.1) is 0 Å². The molecule has 6 rings (SSSR count). The van der Waals surface area contributed by atoms with Crippen molar-refractivity contribution in [3.63, 3.8) is 0 Å². The summed E-state index contributed by atoms with van der Waals surface area (Å²) in [6.07, 6.45) is 1.32. The molecule has 6 N–H and O–H groups in total. The Kier molecular flexibility index (Phi) is 12.1. The Morgan fingerprint density at radius 2 is 1.69 bits per heavy atom. The summed E-state index contributed by atoms with van der Waals surface area (Å²) < 4.78 is 21.7. The topological polar surface area (TPSA) is 153 Å². The molecule has 54 heavy (non-hydrogen) atoms. The van der Waals surface area contributed by atoms with Gasteiger partial charge in [-0.05, 0) is 65.4 Å². The van der Waals surface area contributed by atoms with Crippen LogP contribution >= 0.6 is 0 Å². The van der Waals surface area contributed by atoms with Crippen LogP contribution in [-0.4, -0.2) is 71.5 Å².